The summed E-state index contributed by atoms with van der Waals surface area (Å²) in [5, 5.41) is 0.738. The number of pyridine rings is 2. The molecule has 0 fully saturated rings. The molecule has 158 valence electrons. The smallest absolute Gasteiger partial charge is 0.148 e. The number of aromatic nitrogens is 4. The summed E-state index contributed by atoms with van der Waals surface area (Å²) in [5.74, 6) is 1.14. The van der Waals surface area contributed by atoms with Crippen LogP contribution in [0.3, 0.4) is 0 Å². The maximum Gasteiger partial charge on any atom is 0.148 e. The number of hydrogen-bond donors (Lipinski definition) is 1. The van der Waals surface area contributed by atoms with E-state index in [1.165, 1.54) is 13.2 Å². The molecule has 0 atom stereocenters. The van der Waals surface area contributed by atoms with Crippen LogP contribution in [-0.2, 0) is 6.61 Å². The van der Waals surface area contributed by atoms with E-state index in [-0.39, 0.29) is 12.3 Å². The highest BCUT2D eigenvalue weighted by Gasteiger charge is 2.17. The van der Waals surface area contributed by atoms with Crippen LogP contribution in [0.15, 0.2) is 48.8 Å². The average molecular weight is 459 g/mol. The van der Waals surface area contributed by atoms with Gasteiger partial charge < -0.3 is 14.5 Å². The molecular weight excluding hydrogens is 442 g/mol. The Bertz CT molecular complexity index is 1230. The lowest BCUT2D eigenvalue weighted by Crippen LogP contribution is -2.02. The van der Waals surface area contributed by atoms with Gasteiger partial charge in [-0.05, 0) is 42.8 Å². The summed E-state index contributed by atoms with van der Waals surface area (Å²) in [6.45, 7) is 1.77. The molecule has 0 amide bonds. The second kappa shape index (κ2) is 8.91. The number of H-pyrrole nitrogens is 1. The minimum absolute atomic E-state index is 0.00844. The number of ether oxygens (including phenoxy) is 2. The first-order valence-corrected chi connectivity index (χ1v) is 10.00. The van der Waals surface area contributed by atoms with Crippen molar-refractivity contribution in [2.75, 3.05) is 7.11 Å². The Hall–Kier alpha value is -3.16. The number of nitrogens with zero attached hydrogens (tertiary/aromatic N) is 3. The highest BCUT2D eigenvalue weighted by molar-refractivity contribution is 6.32. The van der Waals surface area contributed by atoms with Crippen molar-refractivity contribution < 1.29 is 13.9 Å². The summed E-state index contributed by atoms with van der Waals surface area (Å²) in [6, 6.07) is 10.1. The maximum atomic E-state index is 14.0. The normalized spacial score (nSPS) is 10.9. The van der Waals surface area contributed by atoms with Crippen molar-refractivity contribution in [2.45, 2.75) is 13.5 Å². The number of halogens is 3. The molecular formula is C22H17Cl2FN4O2. The number of nitrogens with one attached hydrogen (secondary N) is 1. The van der Waals surface area contributed by atoms with Gasteiger partial charge in [-0.2, -0.15) is 0 Å². The van der Waals surface area contributed by atoms with Crippen molar-refractivity contribution in [2.24, 2.45) is 0 Å². The first-order valence-electron chi connectivity index (χ1n) is 9.24. The van der Waals surface area contributed by atoms with Crippen molar-refractivity contribution in [3.63, 3.8) is 0 Å². The van der Waals surface area contributed by atoms with Gasteiger partial charge in [-0.15, -0.1) is 0 Å². The van der Waals surface area contributed by atoms with E-state index in [9.17, 15) is 4.39 Å². The number of aryl methyl sites for hydroxylation is 1. The fourth-order valence-electron chi connectivity index (χ4n) is 2.96. The predicted octanol–water partition coefficient (Wildman–Crippen LogP) is 5.88. The van der Waals surface area contributed by atoms with Crippen LogP contribution in [0.2, 0.25) is 10.3 Å². The van der Waals surface area contributed by atoms with Gasteiger partial charge in [-0.1, -0.05) is 23.2 Å². The van der Waals surface area contributed by atoms with Crippen LogP contribution in [0.25, 0.3) is 22.6 Å². The van der Waals surface area contributed by atoms with Crippen LogP contribution in [0, 0.1) is 12.7 Å². The molecule has 0 spiro atoms. The van der Waals surface area contributed by atoms with E-state index in [2.05, 4.69) is 19.9 Å². The lowest BCUT2D eigenvalue weighted by atomic mass is 10.1. The van der Waals surface area contributed by atoms with Crippen LogP contribution < -0.4 is 9.47 Å². The van der Waals surface area contributed by atoms with Gasteiger partial charge in [0.25, 0.3) is 0 Å². The Labute approximate surface area is 188 Å². The number of benzene rings is 1. The van der Waals surface area contributed by atoms with Gasteiger partial charge in [-0.25, -0.2) is 14.4 Å². The number of aromatic amines is 1. The number of rotatable bonds is 6. The molecule has 0 saturated heterocycles. The molecule has 0 saturated carbocycles. The zero-order chi connectivity index (χ0) is 22.0. The minimum Gasteiger partial charge on any atom is -0.496 e. The molecule has 31 heavy (non-hydrogen) atoms. The molecule has 3 aromatic heterocycles. The number of hydrogen-bond acceptors (Lipinski definition) is 5. The Kier molecular flexibility index (Phi) is 6.06. The quantitative estimate of drug-likeness (QED) is 0.365. The van der Waals surface area contributed by atoms with Crippen molar-refractivity contribution in [3.8, 4) is 34.1 Å². The second-order valence-corrected chi connectivity index (χ2v) is 7.47. The Balaban J connectivity index is 1.59. The van der Waals surface area contributed by atoms with Gasteiger partial charge >= 0.3 is 0 Å². The van der Waals surface area contributed by atoms with E-state index in [0.29, 0.717) is 38.9 Å². The van der Waals surface area contributed by atoms with Gasteiger partial charge in [0.1, 0.15) is 51.4 Å². The predicted molar refractivity (Wildman–Crippen MR) is 117 cm³/mol. The van der Waals surface area contributed by atoms with E-state index in [0.717, 1.165) is 11.1 Å². The Morgan fingerprint density at radius 1 is 1.06 bits per heavy atom. The second-order valence-electron chi connectivity index (χ2n) is 6.71. The molecule has 0 radical (unpaired) electrons. The molecule has 0 aliphatic rings. The van der Waals surface area contributed by atoms with Crippen LogP contribution in [0.1, 0.15) is 11.3 Å². The average Bonchev–Trinajstić information content (AvgIpc) is 3.14. The van der Waals surface area contributed by atoms with E-state index in [1.54, 1.807) is 49.6 Å². The third kappa shape index (κ3) is 4.62. The molecule has 0 aliphatic heterocycles. The summed E-state index contributed by atoms with van der Waals surface area (Å²) < 4.78 is 25.2. The van der Waals surface area contributed by atoms with Crippen molar-refractivity contribution in [1.82, 2.24) is 19.9 Å². The van der Waals surface area contributed by atoms with E-state index in [4.69, 9.17) is 32.7 Å². The van der Waals surface area contributed by atoms with Gasteiger partial charge in [0, 0.05) is 29.6 Å². The monoisotopic (exact) mass is 458 g/mol. The summed E-state index contributed by atoms with van der Waals surface area (Å²) >= 11 is 12.2. The lowest BCUT2D eigenvalue weighted by molar-refractivity contribution is 0.292. The number of imidazole rings is 1. The molecule has 4 aromatic rings. The summed E-state index contributed by atoms with van der Waals surface area (Å²) in [5.41, 5.74) is 2.90. The first-order chi connectivity index (χ1) is 14.9. The van der Waals surface area contributed by atoms with E-state index in [1.807, 2.05) is 0 Å². The molecule has 0 bridgehead atoms. The zero-order valence-corrected chi connectivity index (χ0v) is 18.1. The van der Waals surface area contributed by atoms with Crippen molar-refractivity contribution in [3.05, 3.63) is 76.2 Å². The topological polar surface area (TPSA) is 72.9 Å². The van der Waals surface area contributed by atoms with Gasteiger partial charge in [0.2, 0.25) is 0 Å². The standard InChI is InChI=1S/C22H17Cl2FN4O2/c1-12-7-16(25)17(26-9-12)11-31-14-4-5-15(18(8-14)30-2)20-21(24)29-22(28-20)13-3-6-19(23)27-10-13/h3-10H,11H2,1-2H3,(H,28,29). The summed E-state index contributed by atoms with van der Waals surface area (Å²) in [4.78, 5) is 15.7. The highest BCUT2D eigenvalue weighted by atomic mass is 35.5. The van der Waals surface area contributed by atoms with Crippen molar-refractivity contribution >= 4 is 23.2 Å². The largest absolute Gasteiger partial charge is 0.496 e. The zero-order valence-electron chi connectivity index (χ0n) is 16.6. The Morgan fingerprint density at radius 2 is 1.90 bits per heavy atom. The Morgan fingerprint density at radius 3 is 2.61 bits per heavy atom. The van der Waals surface area contributed by atoms with Gasteiger partial charge in [-0.3, -0.25) is 4.98 Å². The van der Waals surface area contributed by atoms with Crippen LogP contribution in [0.4, 0.5) is 4.39 Å². The van der Waals surface area contributed by atoms with Crippen LogP contribution in [0.5, 0.6) is 11.5 Å². The van der Waals surface area contributed by atoms with E-state index < -0.39 is 5.82 Å². The molecule has 1 N–H and O–H groups in total. The third-order valence-electron chi connectivity index (χ3n) is 4.52. The fraction of sp³-hybridized carbons (Fsp3) is 0.136. The molecule has 0 aliphatic carbocycles. The van der Waals surface area contributed by atoms with Crippen molar-refractivity contribution in [1.29, 1.82) is 0 Å². The van der Waals surface area contributed by atoms with E-state index >= 15 is 0 Å². The summed E-state index contributed by atoms with van der Waals surface area (Å²) in [6.07, 6.45) is 3.20. The molecule has 3 heterocycles. The fourth-order valence-corrected chi connectivity index (χ4v) is 3.31. The van der Waals surface area contributed by atoms with Crippen LogP contribution in [-0.4, -0.2) is 27.0 Å². The van der Waals surface area contributed by atoms with Gasteiger partial charge in [0.15, 0.2) is 0 Å². The number of methoxy groups -OCH3 is 1. The third-order valence-corrected chi connectivity index (χ3v) is 5.02. The SMILES string of the molecule is COc1cc(OCc2ncc(C)cc2F)ccc1-c1nc(-c2ccc(Cl)nc2)[nH]c1Cl. The maximum absolute atomic E-state index is 14.0. The highest BCUT2D eigenvalue weighted by Crippen LogP contribution is 2.37. The van der Waals surface area contributed by atoms with Crippen LogP contribution >= 0.6 is 23.2 Å². The lowest BCUT2D eigenvalue weighted by Gasteiger charge is -2.11. The minimum atomic E-state index is -0.406. The molecule has 4 rings (SSSR count). The first kappa shape index (κ1) is 21.1. The molecule has 0 unspecified atom stereocenters. The molecule has 9 heteroatoms. The summed E-state index contributed by atoms with van der Waals surface area (Å²) in [7, 11) is 1.54. The van der Waals surface area contributed by atoms with Gasteiger partial charge in [0.05, 0.1) is 7.11 Å². The molecule has 6 nitrogen and oxygen atoms in total. The molecule has 1 aromatic carbocycles.